The van der Waals surface area contributed by atoms with Crippen molar-refractivity contribution in [2.45, 2.75) is 19.8 Å². The van der Waals surface area contributed by atoms with Crippen molar-refractivity contribution < 1.29 is 18.3 Å². The summed E-state index contributed by atoms with van der Waals surface area (Å²) in [5.74, 6) is -2.62. The fourth-order valence-electron chi connectivity index (χ4n) is 2.19. The molecule has 0 aliphatic rings. The van der Waals surface area contributed by atoms with Crippen molar-refractivity contribution in [3.63, 3.8) is 0 Å². The highest BCUT2D eigenvalue weighted by atomic mass is 32.1. The summed E-state index contributed by atoms with van der Waals surface area (Å²) >= 11 is 1.08. The number of nitrogen functional groups attached to an aromatic ring is 1. The molecule has 24 heavy (non-hydrogen) atoms. The van der Waals surface area contributed by atoms with Crippen LogP contribution in [-0.4, -0.2) is 11.0 Å². The van der Waals surface area contributed by atoms with Crippen LogP contribution in [0, 0.1) is 11.6 Å². The number of benzene rings is 1. The van der Waals surface area contributed by atoms with E-state index in [2.05, 4.69) is 4.98 Å². The monoisotopic (exact) mass is 348 g/mol. The highest BCUT2D eigenvalue weighted by molar-refractivity contribution is 7.21. The van der Waals surface area contributed by atoms with Crippen LogP contribution in [0.25, 0.3) is 10.2 Å². The van der Waals surface area contributed by atoms with Crippen molar-refractivity contribution in [3.05, 3.63) is 52.5 Å². The van der Waals surface area contributed by atoms with Gasteiger partial charge in [-0.3, -0.25) is 0 Å². The number of fused-ring (bicyclic) bond motifs is 1. The number of aromatic nitrogens is 1. The Labute approximate surface area is 140 Å². The SMILES string of the molecule is CC(C)c1ccc2c(N)c(C(=O)Oc3ccc(F)cc3F)sc2n1. The lowest BCUT2D eigenvalue weighted by molar-refractivity contribution is 0.0733. The zero-order valence-electron chi connectivity index (χ0n) is 13.0. The van der Waals surface area contributed by atoms with Gasteiger partial charge >= 0.3 is 5.97 Å². The molecule has 0 spiro atoms. The molecule has 0 saturated heterocycles. The van der Waals surface area contributed by atoms with Crippen molar-refractivity contribution in [1.29, 1.82) is 0 Å². The van der Waals surface area contributed by atoms with Gasteiger partial charge in [-0.1, -0.05) is 13.8 Å². The minimum atomic E-state index is -0.955. The van der Waals surface area contributed by atoms with E-state index in [0.29, 0.717) is 16.3 Å². The van der Waals surface area contributed by atoms with E-state index < -0.39 is 17.6 Å². The second kappa shape index (κ2) is 6.16. The van der Waals surface area contributed by atoms with Crippen LogP contribution < -0.4 is 10.5 Å². The minimum Gasteiger partial charge on any atom is -0.419 e. The van der Waals surface area contributed by atoms with Crippen LogP contribution in [0.1, 0.15) is 35.1 Å². The standard InChI is InChI=1S/C17H14F2N2O2S/c1-8(2)12-5-4-10-14(20)15(24-16(10)21-12)17(22)23-13-6-3-9(18)7-11(13)19/h3-8H,20H2,1-2H3. The number of ether oxygens (including phenoxy) is 1. The number of carbonyl (C=O) groups excluding carboxylic acids is 1. The third-order valence-electron chi connectivity index (χ3n) is 3.49. The van der Waals surface area contributed by atoms with Gasteiger partial charge < -0.3 is 10.5 Å². The smallest absolute Gasteiger partial charge is 0.356 e. The van der Waals surface area contributed by atoms with E-state index in [0.717, 1.165) is 29.2 Å². The molecule has 0 aliphatic carbocycles. The Hall–Kier alpha value is -2.54. The number of rotatable bonds is 3. The number of thiophene rings is 1. The Morgan fingerprint density at radius 1 is 1.25 bits per heavy atom. The van der Waals surface area contributed by atoms with Gasteiger partial charge in [0.15, 0.2) is 11.6 Å². The Balaban J connectivity index is 1.96. The van der Waals surface area contributed by atoms with Crippen molar-refractivity contribution in [2.75, 3.05) is 5.73 Å². The number of nitrogens with zero attached hydrogens (tertiary/aromatic N) is 1. The second-order valence-electron chi connectivity index (χ2n) is 5.55. The van der Waals surface area contributed by atoms with Gasteiger partial charge in [0, 0.05) is 17.1 Å². The van der Waals surface area contributed by atoms with Gasteiger partial charge in [-0.05, 0) is 30.2 Å². The van der Waals surface area contributed by atoms with Crippen LogP contribution in [0.3, 0.4) is 0 Å². The molecule has 124 valence electrons. The summed E-state index contributed by atoms with van der Waals surface area (Å²) in [4.78, 5) is 17.5. The zero-order valence-corrected chi connectivity index (χ0v) is 13.8. The van der Waals surface area contributed by atoms with E-state index >= 15 is 0 Å². The van der Waals surface area contributed by atoms with Gasteiger partial charge in [0.2, 0.25) is 0 Å². The molecule has 1 aromatic carbocycles. The summed E-state index contributed by atoms with van der Waals surface area (Å²) < 4.78 is 31.5. The van der Waals surface area contributed by atoms with Gasteiger partial charge in [0.25, 0.3) is 0 Å². The summed E-state index contributed by atoms with van der Waals surface area (Å²) in [6, 6.07) is 6.37. The van der Waals surface area contributed by atoms with E-state index in [1.807, 2.05) is 19.9 Å². The number of carbonyl (C=O) groups is 1. The summed E-state index contributed by atoms with van der Waals surface area (Å²) in [5.41, 5.74) is 7.12. The summed E-state index contributed by atoms with van der Waals surface area (Å²) in [5, 5.41) is 0.649. The van der Waals surface area contributed by atoms with Crippen molar-refractivity contribution in [1.82, 2.24) is 4.98 Å². The highest BCUT2D eigenvalue weighted by Gasteiger charge is 2.21. The molecular weight excluding hydrogens is 334 g/mol. The van der Waals surface area contributed by atoms with Gasteiger partial charge in [-0.25, -0.2) is 18.6 Å². The molecule has 4 nitrogen and oxygen atoms in total. The van der Waals surface area contributed by atoms with E-state index in [4.69, 9.17) is 10.5 Å². The maximum atomic E-state index is 13.6. The first kappa shape index (κ1) is 16.3. The second-order valence-corrected chi connectivity index (χ2v) is 6.55. The highest BCUT2D eigenvalue weighted by Crippen LogP contribution is 2.34. The number of esters is 1. The van der Waals surface area contributed by atoms with Crippen LogP contribution in [0.4, 0.5) is 14.5 Å². The number of nitrogens with two attached hydrogens (primary N) is 1. The lowest BCUT2D eigenvalue weighted by atomic mass is 10.1. The van der Waals surface area contributed by atoms with Crippen molar-refractivity contribution in [2.24, 2.45) is 0 Å². The molecule has 0 unspecified atom stereocenters. The Morgan fingerprint density at radius 3 is 2.67 bits per heavy atom. The Kier molecular flexibility index (Phi) is 4.19. The number of hydrogen-bond acceptors (Lipinski definition) is 5. The zero-order chi connectivity index (χ0) is 17.4. The fourth-order valence-corrected chi connectivity index (χ4v) is 3.17. The Bertz CT molecular complexity index is 938. The third kappa shape index (κ3) is 2.94. The molecular formula is C17H14F2N2O2S. The van der Waals surface area contributed by atoms with E-state index in [9.17, 15) is 13.6 Å². The molecule has 0 bridgehead atoms. The van der Waals surface area contributed by atoms with Crippen LogP contribution in [0.5, 0.6) is 5.75 Å². The summed E-state index contributed by atoms with van der Waals surface area (Å²) in [7, 11) is 0. The molecule has 0 saturated carbocycles. The molecule has 0 amide bonds. The molecule has 0 aliphatic heterocycles. The molecule has 0 fully saturated rings. The molecule has 2 N–H and O–H groups in total. The van der Waals surface area contributed by atoms with Crippen molar-refractivity contribution in [3.8, 4) is 5.75 Å². The van der Waals surface area contributed by atoms with Crippen LogP contribution in [0.2, 0.25) is 0 Å². The normalized spacial score (nSPS) is 11.2. The van der Waals surface area contributed by atoms with Gasteiger partial charge in [0.05, 0.1) is 5.69 Å². The molecule has 7 heteroatoms. The minimum absolute atomic E-state index is 0.141. The molecule has 3 rings (SSSR count). The number of anilines is 1. The molecule has 0 atom stereocenters. The largest absolute Gasteiger partial charge is 0.419 e. The third-order valence-corrected chi connectivity index (χ3v) is 4.58. The molecule has 2 aromatic heterocycles. The van der Waals surface area contributed by atoms with Gasteiger partial charge in [0.1, 0.15) is 15.5 Å². The predicted octanol–water partition coefficient (Wildman–Crippen LogP) is 4.50. The topological polar surface area (TPSA) is 65.2 Å². The van der Waals surface area contributed by atoms with Crippen LogP contribution >= 0.6 is 11.3 Å². The first-order valence-electron chi connectivity index (χ1n) is 7.23. The van der Waals surface area contributed by atoms with E-state index in [-0.39, 0.29) is 22.2 Å². The average Bonchev–Trinajstić information content (AvgIpc) is 2.86. The van der Waals surface area contributed by atoms with Crippen molar-refractivity contribution >= 4 is 33.2 Å². The number of halogens is 2. The maximum Gasteiger partial charge on any atom is 0.356 e. The van der Waals surface area contributed by atoms with Gasteiger partial charge in [-0.15, -0.1) is 11.3 Å². The van der Waals surface area contributed by atoms with Gasteiger partial charge in [-0.2, -0.15) is 0 Å². The Morgan fingerprint density at radius 2 is 2.00 bits per heavy atom. The summed E-state index contributed by atoms with van der Waals surface area (Å²) in [6.07, 6.45) is 0. The molecule has 2 heterocycles. The fraction of sp³-hybridized carbons (Fsp3) is 0.176. The first-order valence-corrected chi connectivity index (χ1v) is 8.04. The molecule has 0 radical (unpaired) electrons. The van der Waals surface area contributed by atoms with E-state index in [1.54, 1.807) is 6.07 Å². The first-order chi connectivity index (χ1) is 11.4. The lowest BCUT2D eigenvalue weighted by Crippen LogP contribution is -2.09. The summed E-state index contributed by atoms with van der Waals surface area (Å²) in [6.45, 7) is 4.02. The van der Waals surface area contributed by atoms with Crippen LogP contribution in [-0.2, 0) is 0 Å². The number of hydrogen-bond donors (Lipinski definition) is 1. The van der Waals surface area contributed by atoms with E-state index in [1.165, 1.54) is 0 Å². The maximum absolute atomic E-state index is 13.6. The quantitative estimate of drug-likeness (QED) is 0.559. The average molecular weight is 348 g/mol. The van der Waals surface area contributed by atoms with Crippen LogP contribution in [0.15, 0.2) is 30.3 Å². The predicted molar refractivity (Wildman–Crippen MR) is 89.4 cm³/mol. The lowest BCUT2D eigenvalue weighted by Gasteiger charge is -2.04. The number of pyridine rings is 1. The molecule has 3 aromatic rings.